The molecular weight excluding hydrogens is 278 g/mol. The number of benzene rings is 2. The maximum absolute atomic E-state index is 11.1. The van der Waals surface area contributed by atoms with Gasteiger partial charge in [0.05, 0.1) is 21.6 Å². The predicted molar refractivity (Wildman–Crippen MR) is 79.1 cm³/mol. The molecule has 2 aliphatic rings. The number of hydrogen-bond acceptors (Lipinski definition) is 4. The van der Waals surface area contributed by atoms with E-state index in [0.29, 0.717) is 5.94 Å². The number of nitrogens with one attached hydrogen (secondary N) is 1. The van der Waals surface area contributed by atoms with Gasteiger partial charge in [0.15, 0.2) is 5.94 Å². The van der Waals surface area contributed by atoms with Gasteiger partial charge in [-0.2, -0.15) is 0 Å². The SMILES string of the molecule is O=S1COc2ccccc21.c1ccc2c(c1)NCS2. The number of fused-ring (bicyclic) bond motifs is 2. The van der Waals surface area contributed by atoms with Gasteiger partial charge < -0.3 is 10.1 Å². The van der Waals surface area contributed by atoms with Gasteiger partial charge in [0, 0.05) is 10.6 Å². The average molecular weight is 291 g/mol. The van der Waals surface area contributed by atoms with Gasteiger partial charge in [-0.3, -0.25) is 4.21 Å². The standard InChI is InChI=1S/C7H7NS.C7H6O2S/c1-2-4-7-6(3-1)8-5-9-7;8-10-5-9-6-3-1-2-4-7(6)10/h1-4,8H,5H2;1-4H,5H2. The Labute approximate surface area is 118 Å². The summed E-state index contributed by atoms with van der Waals surface area (Å²) in [5.74, 6) is 2.11. The van der Waals surface area contributed by atoms with Crippen molar-refractivity contribution in [3.8, 4) is 5.75 Å². The molecule has 0 saturated carbocycles. The molecule has 0 fully saturated rings. The summed E-state index contributed by atoms with van der Waals surface area (Å²) >= 11 is 1.86. The van der Waals surface area contributed by atoms with Gasteiger partial charge in [-0.05, 0) is 24.3 Å². The zero-order valence-electron chi connectivity index (χ0n) is 10.2. The second-order valence-electron chi connectivity index (χ2n) is 4.02. The quantitative estimate of drug-likeness (QED) is 0.808. The second-order valence-corrected chi connectivity index (χ2v) is 6.40. The smallest absolute Gasteiger partial charge is 0.167 e. The summed E-state index contributed by atoms with van der Waals surface area (Å²) in [6.07, 6.45) is 0. The summed E-state index contributed by atoms with van der Waals surface area (Å²) in [6, 6.07) is 15.8. The first-order chi connectivity index (χ1) is 9.34. The minimum absolute atomic E-state index is 0.319. The average Bonchev–Trinajstić information content (AvgIpc) is 3.07. The van der Waals surface area contributed by atoms with Crippen molar-refractivity contribution in [1.82, 2.24) is 0 Å². The number of anilines is 1. The van der Waals surface area contributed by atoms with Crippen molar-refractivity contribution in [3.05, 3.63) is 48.5 Å². The molecule has 4 rings (SSSR count). The Kier molecular flexibility index (Phi) is 3.75. The van der Waals surface area contributed by atoms with Crippen LogP contribution in [0.2, 0.25) is 0 Å². The molecule has 2 aliphatic heterocycles. The van der Waals surface area contributed by atoms with Gasteiger partial charge >= 0.3 is 0 Å². The molecule has 1 unspecified atom stereocenters. The van der Waals surface area contributed by atoms with Crippen LogP contribution in [0.25, 0.3) is 0 Å². The van der Waals surface area contributed by atoms with Crippen LogP contribution in [0.5, 0.6) is 5.75 Å². The lowest BCUT2D eigenvalue weighted by Gasteiger charge is -1.92. The fourth-order valence-electron chi connectivity index (χ4n) is 1.87. The Morgan fingerprint density at radius 1 is 1.11 bits per heavy atom. The highest BCUT2D eigenvalue weighted by Crippen LogP contribution is 2.32. The third kappa shape index (κ3) is 2.77. The molecule has 0 bridgehead atoms. The van der Waals surface area contributed by atoms with Gasteiger partial charge in [-0.1, -0.05) is 24.3 Å². The maximum atomic E-state index is 11.1. The first-order valence-corrected chi connectivity index (χ1v) is 8.21. The Hall–Kier alpha value is -1.46. The summed E-state index contributed by atoms with van der Waals surface area (Å²) in [5, 5.41) is 3.26. The van der Waals surface area contributed by atoms with Crippen LogP contribution < -0.4 is 10.1 Å². The maximum Gasteiger partial charge on any atom is 0.167 e. The Morgan fingerprint density at radius 2 is 1.89 bits per heavy atom. The summed E-state index contributed by atoms with van der Waals surface area (Å²) in [4.78, 5) is 2.19. The minimum atomic E-state index is -0.920. The summed E-state index contributed by atoms with van der Waals surface area (Å²) in [7, 11) is -0.920. The van der Waals surface area contributed by atoms with Crippen molar-refractivity contribution in [2.24, 2.45) is 0 Å². The van der Waals surface area contributed by atoms with Crippen LogP contribution in [0, 0.1) is 0 Å². The summed E-state index contributed by atoms with van der Waals surface area (Å²) < 4.78 is 16.2. The molecule has 2 aromatic rings. The van der Waals surface area contributed by atoms with Gasteiger partial charge in [0.25, 0.3) is 0 Å². The molecule has 98 valence electrons. The molecule has 2 aromatic carbocycles. The number of para-hydroxylation sites is 2. The highest BCUT2D eigenvalue weighted by Gasteiger charge is 2.17. The number of ether oxygens (including phenoxy) is 1. The van der Waals surface area contributed by atoms with Crippen molar-refractivity contribution in [1.29, 1.82) is 0 Å². The van der Waals surface area contributed by atoms with Crippen LogP contribution in [-0.2, 0) is 10.8 Å². The first kappa shape index (κ1) is 12.6. The highest BCUT2D eigenvalue weighted by atomic mass is 32.2. The van der Waals surface area contributed by atoms with Gasteiger partial charge in [-0.15, -0.1) is 11.8 Å². The lowest BCUT2D eigenvalue weighted by atomic mass is 10.3. The largest absolute Gasteiger partial charge is 0.479 e. The molecule has 0 radical (unpaired) electrons. The van der Waals surface area contributed by atoms with E-state index in [2.05, 4.69) is 29.6 Å². The second kappa shape index (κ2) is 5.67. The summed E-state index contributed by atoms with van der Waals surface area (Å²) in [5.41, 5.74) is 1.28. The van der Waals surface area contributed by atoms with Crippen LogP contribution in [0.4, 0.5) is 5.69 Å². The van der Waals surface area contributed by atoms with Crippen LogP contribution >= 0.6 is 11.8 Å². The molecule has 5 heteroatoms. The number of rotatable bonds is 0. The third-order valence-electron chi connectivity index (χ3n) is 2.79. The molecule has 0 spiro atoms. The Bertz CT molecular complexity index is 593. The van der Waals surface area contributed by atoms with E-state index in [4.69, 9.17) is 4.74 Å². The first-order valence-electron chi connectivity index (χ1n) is 5.90. The van der Waals surface area contributed by atoms with Gasteiger partial charge in [-0.25, -0.2) is 0 Å². The van der Waals surface area contributed by atoms with Crippen LogP contribution in [0.15, 0.2) is 58.3 Å². The van der Waals surface area contributed by atoms with E-state index >= 15 is 0 Å². The van der Waals surface area contributed by atoms with Crippen molar-refractivity contribution in [2.45, 2.75) is 9.79 Å². The topological polar surface area (TPSA) is 38.3 Å². The lowest BCUT2D eigenvalue weighted by molar-refractivity contribution is 0.394. The fourth-order valence-corrected chi connectivity index (χ4v) is 3.66. The summed E-state index contributed by atoms with van der Waals surface area (Å²) in [6.45, 7) is 0. The molecule has 1 N–H and O–H groups in total. The molecule has 0 aliphatic carbocycles. The molecule has 0 aromatic heterocycles. The molecule has 0 amide bonds. The van der Waals surface area contributed by atoms with Crippen LogP contribution in [0.1, 0.15) is 0 Å². The van der Waals surface area contributed by atoms with Crippen LogP contribution in [0.3, 0.4) is 0 Å². The van der Waals surface area contributed by atoms with E-state index < -0.39 is 10.8 Å². The lowest BCUT2D eigenvalue weighted by Crippen LogP contribution is -1.91. The van der Waals surface area contributed by atoms with E-state index in [1.54, 1.807) is 0 Å². The van der Waals surface area contributed by atoms with E-state index in [-0.39, 0.29) is 0 Å². The number of thioether (sulfide) groups is 1. The Balaban J connectivity index is 0.000000117. The van der Waals surface area contributed by atoms with Crippen molar-refractivity contribution < 1.29 is 8.95 Å². The zero-order valence-corrected chi connectivity index (χ0v) is 11.8. The molecule has 1 atom stereocenters. The molecule has 0 saturated heterocycles. The Morgan fingerprint density at radius 3 is 2.74 bits per heavy atom. The molecule has 19 heavy (non-hydrogen) atoms. The normalized spacial score (nSPS) is 18.4. The minimum Gasteiger partial charge on any atom is -0.479 e. The molecular formula is C14H13NO2S2. The van der Waals surface area contributed by atoms with E-state index in [1.165, 1.54) is 10.6 Å². The van der Waals surface area contributed by atoms with Crippen molar-refractivity contribution in [3.63, 3.8) is 0 Å². The highest BCUT2D eigenvalue weighted by molar-refractivity contribution is 7.99. The zero-order chi connectivity index (χ0) is 13.1. The van der Waals surface area contributed by atoms with E-state index in [0.717, 1.165) is 16.5 Å². The fraction of sp³-hybridized carbons (Fsp3) is 0.143. The third-order valence-corrected chi connectivity index (χ3v) is 4.91. The van der Waals surface area contributed by atoms with E-state index in [9.17, 15) is 4.21 Å². The van der Waals surface area contributed by atoms with Crippen molar-refractivity contribution in [2.75, 3.05) is 17.1 Å². The van der Waals surface area contributed by atoms with Crippen molar-refractivity contribution >= 4 is 28.2 Å². The van der Waals surface area contributed by atoms with Crippen LogP contribution in [-0.4, -0.2) is 16.0 Å². The van der Waals surface area contributed by atoms with Gasteiger partial charge in [0.1, 0.15) is 5.75 Å². The number of hydrogen-bond donors (Lipinski definition) is 1. The monoisotopic (exact) mass is 291 g/mol. The molecule has 3 nitrogen and oxygen atoms in total. The van der Waals surface area contributed by atoms with E-state index in [1.807, 2.05) is 36.0 Å². The van der Waals surface area contributed by atoms with Gasteiger partial charge in [0.2, 0.25) is 0 Å². The molecule has 2 heterocycles. The predicted octanol–water partition coefficient (Wildman–Crippen LogP) is 3.31.